The van der Waals surface area contributed by atoms with Gasteiger partial charge in [0, 0.05) is 13.6 Å². The number of anilines is 1. The Kier molecular flexibility index (Phi) is 5.63. The average Bonchev–Trinajstić information content (AvgIpc) is 3.14. The molecule has 3 N–H and O–H groups in total. The third-order valence-electron chi connectivity index (χ3n) is 4.89. The zero-order valence-electron chi connectivity index (χ0n) is 16.0. The number of hydrogen-bond donors (Lipinski definition) is 2. The van der Waals surface area contributed by atoms with Crippen LogP contribution in [0, 0.1) is 0 Å². The molecule has 2 aromatic rings. The molecule has 1 amide bonds. The van der Waals surface area contributed by atoms with E-state index in [1.54, 1.807) is 0 Å². The minimum atomic E-state index is -5.16. The van der Waals surface area contributed by atoms with Crippen LogP contribution in [0.1, 0.15) is 47.6 Å². The first kappa shape index (κ1) is 22.8. The van der Waals surface area contributed by atoms with Crippen LogP contribution in [0.25, 0.3) is 11.6 Å². The molecule has 8 nitrogen and oxygen atoms in total. The maximum absolute atomic E-state index is 13.6. The van der Waals surface area contributed by atoms with E-state index in [2.05, 4.69) is 15.2 Å². The maximum Gasteiger partial charge on any atom is 0.426 e. The Morgan fingerprint density at radius 2 is 1.81 bits per heavy atom. The number of nitrogens with zero attached hydrogens (tertiary/aromatic N) is 4. The molecule has 2 aromatic heterocycles. The van der Waals surface area contributed by atoms with Crippen LogP contribution < -0.4 is 5.73 Å². The second-order valence-corrected chi connectivity index (χ2v) is 7.13. The van der Waals surface area contributed by atoms with Gasteiger partial charge in [0.1, 0.15) is 5.69 Å². The highest BCUT2D eigenvalue weighted by Crippen LogP contribution is 2.43. The summed E-state index contributed by atoms with van der Waals surface area (Å²) in [5.74, 6) is -3.02. The Morgan fingerprint density at radius 1 is 1.13 bits per heavy atom. The second-order valence-electron chi connectivity index (χ2n) is 7.13. The first-order valence-electron chi connectivity index (χ1n) is 9.02. The zero-order chi connectivity index (χ0) is 23.2. The fourth-order valence-electron chi connectivity index (χ4n) is 3.12. The molecule has 3 heterocycles. The van der Waals surface area contributed by atoms with Crippen molar-refractivity contribution in [2.24, 2.45) is 0 Å². The predicted molar refractivity (Wildman–Crippen MR) is 92.3 cm³/mol. The van der Waals surface area contributed by atoms with E-state index in [4.69, 9.17) is 10.2 Å². The normalized spacial score (nSPS) is 21.2. The highest BCUT2D eigenvalue weighted by Gasteiger charge is 2.58. The van der Waals surface area contributed by atoms with Crippen molar-refractivity contribution in [3.63, 3.8) is 0 Å². The molecule has 0 spiro atoms. The SMILES string of the molecule is CN1CCCCCC(O)(C(F)(F)F)c2nnc(o2)-c2nc(c(C(F)(F)F)cc2N)C1=O. The third kappa shape index (κ3) is 4.16. The van der Waals surface area contributed by atoms with Crippen LogP contribution in [-0.2, 0) is 11.8 Å². The number of fused-ring (bicyclic) bond motifs is 5. The number of amides is 1. The Morgan fingerprint density at radius 3 is 2.42 bits per heavy atom. The van der Waals surface area contributed by atoms with Crippen molar-refractivity contribution in [3.05, 3.63) is 23.2 Å². The summed E-state index contributed by atoms with van der Waals surface area (Å²) in [7, 11) is 1.24. The van der Waals surface area contributed by atoms with Gasteiger partial charge in [-0.1, -0.05) is 6.42 Å². The molecule has 1 unspecified atom stereocenters. The van der Waals surface area contributed by atoms with Crippen molar-refractivity contribution < 1.29 is 40.7 Å². The number of hydrogen-bond acceptors (Lipinski definition) is 7. The van der Waals surface area contributed by atoms with E-state index in [-0.39, 0.29) is 25.8 Å². The molecule has 14 heteroatoms. The van der Waals surface area contributed by atoms with E-state index < -0.39 is 64.7 Å². The number of alkyl halides is 6. The molecule has 170 valence electrons. The Balaban J connectivity index is 2.23. The van der Waals surface area contributed by atoms with Gasteiger partial charge in [-0.3, -0.25) is 4.79 Å². The molecule has 3 rings (SSSR count). The molecular weight excluding hydrogens is 436 g/mol. The lowest BCUT2D eigenvalue weighted by Gasteiger charge is -2.27. The van der Waals surface area contributed by atoms with Crippen LogP contribution in [0.3, 0.4) is 0 Å². The Labute approximate surface area is 171 Å². The van der Waals surface area contributed by atoms with Gasteiger partial charge in [-0.15, -0.1) is 10.2 Å². The summed E-state index contributed by atoms with van der Waals surface area (Å²) in [5.41, 5.74) is -1.54. The fourth-order valence-corrected chi connectivity index (χ4v) is 3.12. The number of aromatic nitrogens is 3. The molecule has 0 fully saturated rings. The molecule has 0 aliphatic carbocycles. The highest BCUT2D eigenvalue weighted by atomic mass is 19.4. The lowest BCUT2D eigenvalue weighted by Crippen LogP contribution is -2.42. The van der Waals surface area contributed by atoms with Crippen LogP contribution in [-0.4, -0.2) is 50.9 Å². The largest absolute Gasteiger partial charge is 0.426 e. The van der Waals surface area contributed by atoms with Crippen molar-refractivity contribution in [1.29, 1.82) is 0 Å². The summed E-state index contributed by atoms with van der Waals surface area (Å²) >= 11 is 0. The zero-order valence-corrected chi connectivity index (χ0v) is 16.0. The van der Waals surface area contributed by atoms with Gasteiger partial charge in [0.15, 0.2) is 5.69 Å². The van der Waals surface area contributed by atoms with Crippen molar-refractivity contribution in [2.75, 3.05) is 19.3 Å². The maximum atomic E-state index is 13.6. The highest BCUT2D eigenvalue weighted by molar-refractivity contribution is 5.95. The number of carbonyl (C=O) groups excluding carboxylic acids is 1. The molecule has 0 aromatic carbocycles. The summed E-state index contributed by atoms with van der Waals surface area (Å²) in [6, 6.07) is 0.426. The Bertz CT molecular complexity index is 990. The van der Waals surface area contributed by atoms with Crippen LogP contribution in [0.4, 0.5) is 32.0 Å². The van der Waals surface area contributed by atoms with Crippen LogP contribution in [0.15, 0.2) is 10.5 Å². The summed E-state index contributed by atoms with van der Waals surface area (Å²) in [5, 5.41) is 16.9. The van der Waals surface area contributed by atoms with Crippen molar-refractivity contribution >= 4 is 11.6 Å². The van der Waals surface area contributed by atoms with Gasteiger partial charge in [-0.05, 0) is 25.3 Å². The molecule has 0 saturated heterocycles. The van der Waals surface area contributed by atoms with E-state index in [1.807, 2.05) is 0 Å². The minimum Gasteiger partial charge on any atom is -0.416 e. The number of halogens is 6. The Hall–Kier alpha value is -2.90. The van der Waals surface area contributed by atoms with E-state index in [0.717, 1.165) is 4.90 Å². The molecule has 0 saturated carbocycles. The molecule has 0 radical (unpaired) electrons. The molecule has 4 bridgehead atoms. The number of carbonyl (C=O) groups is 1. The smallest absolute Gasteiger partial charge is 0.416 e. The van der Waals surface area contributed by atoms with Gasteiger partial charge < -0.3 is 20.2 Å². The van der Waals surface area contributed by atoms with Gasteiger partial charge in [0.25, 0.3) is 17.7 Å². The monoisotopic (exact) mass is 453 g/mol. The lowest BCUT2D eigenvalue weighted by atomic mass is 9.95. The van der Waals surface area contributed by atoms with Gasteiger partial charge in [-0.2, -0.15) is 26.3 Å². The van der Waals surface area contributed by atoms with Crippen LogP contribution in [0.5, 0.6) is 0 Å². The topological polar surface area (TPSA) is 118 Å². The van der Waals surface area contributed by atoms with Crippen LogP contribution in [0.2, 0.25) is 0 Å². The molecular formula is C17H17F6N5O3. The van der Waals surface area contributed by atoms with Crippen molar-refractivity contribution in [3.8, 4) is 11.6 Å². The lowest BCUT2D eigenvalue weighted by molar-refractivity contribution is -0.277. The van der Waals surface area contributed by atoms with E-state index in [1.165, 1.54) is 7.05 Å². The second kappa shape index (κ2) is 7.66. The average molecular weight is 453 g/mol. The van der Waals surface area contributed by atoms with Gasteiger partial charge in [0.2, 0.25) is 5.60 Å². The van der Waals surface area contributed by atoms with E-state index in [0.29, 0.717) is 6.07 Å². The number of pyridine rings is 1. The summed E-state index contributed by atoms with van der Waals surface area (Å²) in [6.07, 6.45) is -10.7. The summed E-state index contributed by atoms with van der Waals surface area (Å²) in [6.45, 7) is -0.0413. The number of aliphatic hydroxyl groups is 1. The molecule has 1 atom stereocenters. The van der Waals surface area contributed by atoms with Crippen molar-refractivity contribution in [2.45, 2.75) is 43.6 Å². The number of rotatable bonds is 0. The standard InChI is InChI=1S/C17H17F6N5O3/c1-28-6-4-2-3-5-15(30,17(21,22)23)14-27-26-12(31-14)11-9(24)7-8(16(18,19)20)10(25-11)13(28)29/h7,30H,2-6,24H2,1H3. The molecule has 31 heavy (non-hydrogen) atoms. The van der Waals surface area contributed by atoms with Gasteiger partial charge in [0.05, 0.1) is 11.3 Å². The number of nitrogen functional groups attached to an aromatic ring is 1. The van der Waals surface area contributed by atoms with Crippen molar-refractivity contribution in [1.82, 2.24) is 20.1 Å². The van der Waals surface area contributed by atoms with E-state index >= 15 is 0 Å². The molecule has 1 aliphatic rings. The first-order chi connectivity index (χ1) is 14.3. The predicted octanol–water partition coefficient (Wildman–Crippen LogP) is 3.13. The summed E-state index contributed by atoms with van der Waals surface area (Å²) < 4.78 is 86.0. The third-order valence-corrected chi connectivity index (χ3v) is 4.89. The first-order valence-corrected chi connectivity index (χ1v) is 9.02. The minimum absolute atomic E-state index is 0.0413. The fraction of sp³-hybridized carbons (Fsp3) is 0.529. The van der Waals surface area contributed by atoms with Crippen LogP contribution >= 0.6 is 0 Å². The van der Waals surface area contributed by atoms with Gasteiger partial charge >= 0.3 is 12.4 Å². The van der Waals surface area contributed by atoms with E-state index in [9.17, 15) is 36.2 Å². The van der Waals surface area contributed by atoms with Gasteiger partial charge in [-0.25, -0.2) is 4.98 Å². The molecule has 1 aliphatic heterocycles. The summed E-state index contributed by atoms with van der Waals surface area (Å²) in [4.78, 5) is 17.2. The quantitative estimate of drug-likeness (QED) is 0.589. The number of nitrogens with two attached hydrogens (primary N) is 1.